The molecule has 4 nitrogen and oxygen atoms in total. The second-order valence-corrected chi connectivity index (χ2v) is 4.57. The maximum atomic E-state index is 4.40. The third-order valence-corrected chi connectivity index (χ3v) is 3.26. The maximum absolute atomic E-state index is 4.40. The number of pyridine rings is 1. The number of aryl methyl sites for hydroxylation is 1. The Labute approximate surface area is 108 Å². The van der Waals surface area contributed by atoms with Crippen molar-refractivity contribution in [2.45, 2.75) is 25.9 Å². The highest BCUT2D eigenvalue weighted by atomic mass is 15.1. The number of nitrogens with zero attached hydrogens (tertiary/aromatic N) is 4. The molecule has 0 saturated heterocycles. The Balaban J connectivity index is 1.79. The highest BCUT2D eigenvalue weighted by Crippen LogP contribution is 2.15. The van der Waals surface area contributed by atoms with Crippen molar-refractivity contribution < 1.29 is 0 Å². The van der Waals surface area contributed by atoms with E-state index < -0.39 is 0 Å². The second kappa shape index (κ2) is 6.31. The first kappa shape index (κ1) is 12.8. The molecule has 2 aromatic rings. The van der Waals surface area contributed by atoms with Gasteiger partial charge in [0.1, 0.15) is 0 Å². The van der Waals surface area contributed by atoms with Gasteiger partial charge in [0.2, 0.25) is 0 Å². The molecule has 2 rings (SSSR count). The number of imidazole rings is 1. The molecule has 4 heteroatoms. The minimum atomic E-state index is 0.356. The summed E-state index contributed by atoms with van der Waals surface area (Å²) < 4.78 is 2.11. The molecule has 0 aliphatic carbocycles. The third-order valence-electron chi connectivity index (χ3n) is 3.26. The fraction of sp³-hybridized carbons (Fsp3) is 0.429. The smallest absolute Gasteiger partial charge is 0.0945 e. The molecule has 2 heterocycles. The zero-order chi connectivity index (χ0) is 12.8. The van der Waals surface area contributed by atoms with Crippen LogP contribution in [0.4, 0.5) is 0 Å². The van der Waals surface area contributed by atoms with E-state index in [-0.39, 0.29) is 0 Å². The number of hydrogen-bond donors (Lipinski definition) is 0. The van der Waals surface area contributed by atoms with Gasteiger partial charge in [0.05, 0.1) is 12.0 Å². The van der Waals surface area contributed by atoms with Crippen molar-refractivity contribution >= 4 is 0 Å². The molecule has 0 amide bonds. The SMILES string of the molecule is CC(c1ccccn1)N(C)CCCn1ccnc1. The van der Waals surface area contributed by atoms with E-state index in [1.54, 1.807) is 0 Å². The van der Waals surface area contributed by atoms with Crippen LogP contribution in [0.3, 0.4) is 0 Å². The Morgan fingerprint density at radius 3 is 2.89 bits per heavy atom. The quantitative estimate of drug-likeness (QED) is 0.782. The van der Waals surface area contributed by atoms with Crippen molar-refractivity contribution in [1.82, 2.24) is 19.4 Å². The van der Waals surface area contributed by atoms with E-state index in [2.05, 4.69) is 39.5 Å². The molecule has 18 heavy (non-hydrogen) atoms. The average molecular weight is 244 g/mol. The lowest BCUT2D eigenvalue weighted by atomic mass is 10.2. The van der Waals surface area contributed by atoms with Crippen LogP contribution >= 0.6 is 0 Å². The van der Waals surface area contributed by atoms with E-state index in [0.717, 1.165) is 25.2 Å². The zero-order valence-electron chi connectivity index (χ0n) is 11.0. The van der Waals surface area contributed by atoms with Gasteiger partial charge in [0, 0.05) is 37.7 Å². The average Bonchev–Trinajstić information content (AvgIpc) is 2.92. The monoisotopic (exact) mass is 244 g/mol. The van der Waals surface area contributed by atoms with Crippen LogP contribution in [0.2, 0.25) is 0 Å². The number of rotatable bonds is 6. The molecular weight excluding hydrogens is 224 g/mol. The zero-order valence-corrected chi connectivity index (χ0v) is 11.0. The highest BCUT2D eigenvalue weighted by Gasteiger charge is 2.11. The molecular formula is C14H20N4. The summed E-state index contributed by atoms with van der Waals surface area (Å²) >= 11 is 0. The van der Waals surface area contributed by atoms with Crippen LogP contribution in [0.5, 0.6) is 0 Å². The van der Waals surface area contributed by atoms with Gasteiger partial charge < -0.3 is 4.57 Å². The highest BCUT2D eigenvalue weighted by molar-refractivity contribution is 5.07. The minimum Gasteiger partial charge on any atom is -0.337 e. The van der Waals surface area contributed by atoms with Crippen molar-refractivity contribution in [2.24, 2.45) is 0 Å². The molecule has 0 bridgehead atoms. The Kier molecular flexibility index (Phi) is 4.47. The van der Waals surface area contributed by atoms with Crippen LogP contribution in [-0.4, -0.2) is 33.0 Å². The summed E-state index contributed by atoms with van der Waals surface area (Å²) in [6.07, 6.45) is 8.65. The largest absolute Gasteiger partial charge is 0.337 e. The first-order valence-electron chi connectivity index (χ1n) is 6.34. The lowest BCUT2D eigenvalue weighted by molar-refractivity contribution is 0.249. The van der Waals surface area contributed by atoms with Gasteiger partial charge in [-0.15, -0.1) is 0 Å². The van der Waals surface area contributed by atoms with Crippen LogP contribution in [0.25, 0.3) is 0 Å². The molecule has 0 aromatic carbocycles. The molecule has 1 atom stereocenters. The van der Waals surface area contributed by atoms with Gasteiger partial charge in [-0.1, -0.05) is 6.07 Å². The van der Waals surface area contributed by atoms with E-state index in [1.165, 1.54) is 0 Å². The van der Waals surface area contributed by atoms with Crippen LogP contribution in [0.1, 0.15) is 25.1 Å². The summed E-state index contributed by atoms with van der Waals surface area (Å²) in [6.45, 7) is 4.26. The standard InChI is InChI=1S/C14H20N4/c1-13(14-6-3-4-7-16-14)17(2)9-5-10-18-11-8-15-12-18/h3-4,6-8,11-13H,5,9-10H2,1-2H3. The van der Waals surface area contributed by atoms with Crippen molar-refractivity contribution in [1.29, 1.82) is 0 Å². The van der Waals surface area contributed by atoms with Gasteiger partial charge in [0.15, 0.2) is 0 Å². The molecule has 1 unspecified atom stereocenters. The first-order valence-corrected chi connectivity index (χ1v) is 6.34. The summed E-state index contributed by atoms with van der Waals surface area (Å²) in [6, 6.07) is 6.43. The number of hydrogen-bond acceptors (Lipinski definition) is 3. The van der Waals surface area contributed by atoms with Crippen molar-refractivity contribution in [3.8, 4) is 0 Å². The molecule has 2 aromatic heterocycles. The Hall–Kier alpha value is -1.68. The summed E-state index contributed by atoms with van der Waals surface area (Å²) in [5.74, 6) is 0. The molecule has 0 spiro atoms. The molecule has 0 aliphatic rings. The Bertz CT molecular complexity index is 438. The van der Waals surface area contributed by atoms with Gasteiger partial charge in [-0.25, -0.2) is 4.98 Å². The van der Waals surface area contributed by atoms with Crippen LogP contribution in [-0.2, 0) is 6.54 Å². The van der Waals surface area contributed by atoms with Crippen molar-refractivity contribution in [3.05, 3.63) is 48.8 Å². The Morgan fingerprint density at radius 1 is 1.33 bits per heavy atom. The summed E-state index contributed by atoms with van der Waals surface area (Å²) in [4.78, 5) is 10.8. The van der Waals surface area contributed by atoms with E-state index in [1.807, 2.05) is 37.1 Å². The maximum Gasteiger partial charge on any atom is 0.0945 e. The molecule has 96 valence electrons. The predicted molar refractivity (Wildman–Crippen MR) is 72.1 cm³/mol. The van der Waals surface area contributed by atoms with E-state index >= 15 is 0 Å². The number of aromatic nitrogens is 3. The minimum absolute atomic E-state index is 0.356. The fourth-order valence-corrected chi connectivity index (χ4v) is 1.96. The first-order chi connectivity index (χ1) is 8.77. The molecule has 0 N–H and O–H groups in total. The summed E-state index contributed by atoms with van der Waals surface area (Å²) in [7, 11) is 2.15. The van der Waals surface area contributed by atoms with Gasteiger partial charge in [0.25, 0.3) is 0 Å². The fourth-order valence-electron chi connectivity index (χ4n) is 1.96. The van der Waals surface area contributed by atoms with E-state index in [0.29, 0.717) is 6.04 Å². The van der Waals surface area contributed by atoms with Crippen molar-refractivity contribution in [2.75, 3.05) is 13.6 Å². The van der Waals surface area contributed by atoms with Crippen LogP contribution < -0.4 is 0 Å². The molecule has 0 fully saturated rings. The van der Waals surface area contributed by atoms with Crippen molar-refractivity contribution in [3.63, 3.8) is 0 Å². The second-order valence-electron chi connectivity index (χ2n) is 4.57. The lowest BCUT2D eigenvalue weighted by Gasteiger charge is -2.24. The normalized spacial score (nSPS) is 12.8. The lowest BCUT2D eigenvalue weighted by Crippen LogP contribution is -2.25. The molecule has 0 aliphatic heterocycles. The van der Waals surface area contributed by atoms with Gasteiger partial charge in [-0.05, 0) is 32.5 Å². The predicted octanol–water partition coefficient (Wildman–Crippen LogP) is 2.36. The van der Waals surface area contributed by atoms with Gasteiger partial charge in [-0.2, -0.15) is 0 Å². The van der Waals surface area contributed by atoms with Gasteiger partial charge in [-0.3, -0.25) is 9.88 Å². The summed E-state index contributed by atoms with van der Waals surface area (Å²) in [5.41, 5.74) is 1.13. The van der Waals surface area contributed by atoms with Crippen LogP contribution in [0, 0.1) is 0 Å². The Morgan fingerprint density at radius 2 is 2.22 bits per heavy atom. The van der Waals surface area contributed by atoms with Gasteiger partial charge >= 0.3 is 0 Å². The summed E-state index contributed by atoms with van der Waals surface area (Å²) in [5, 5.41) is 0. The molecule has 0 radical (unpaired) electrons. The topological polar surface area (TPSA) is 34.0 Å². The van der Waals surface area contributed by atoms with E-state index in [9.17, 15) is 0 Å². The van der Waals surface area contributed by atoms with E-state index in [4.69, 9.17) is 0 Å². The third kappa shape index (κ3) is 3.40. The van der Waals surface area contributed by atoms with Crippen LogP contribution in [0.15, 0.2) is 43.1 Å². The molecule has 0 saturated carbocycles.